The zero-order chi connectivity index (χ0) is 39.1. The minimum Gasteiger partial charge on any atom is -0.397 e. The molecule has 0 unspecified atom stereocenters. The third-order valence-electron chi connectivity index (χ3n) is 10.1. The predicted molar refractivity (Wildman–Crippen MR) is 222 cm³/mol. The smallest absolute Gasteiger partial charge is 0.224 e. The van der Waals surface area contributed by atoms with Crippen LogP contribution in [-0.4, -0.2) is 41.5 Å². The molecule has 6 rings (SSSR count). The second-order valence-electron chi connectivity index (χ2n) is 14.7. The highest BCUT2D eigenvalue weighted by atomic mass is 16.7. The number of para-hydroxylation sites is 2. The fourth-order valence-corrected chi connectivity index (χ4v) is 7.10. The van der Waals surface area contributed by atoms with Gasteiger partial charge in [-0.3, -0.25) is 14.5 Å². The lowest BCUT2D eigenvalue weighted by atomic mass is 9.98. The highest BCUT2D eigenvalue weighted by Crippen LogP contribution is 2.39. The molecular formula is C47H54N4O5. The first-order valence-electron chi connectivity index (χ1n) is 19.7. The van der Waals surface area contributed by atoms with Crippen molar-refractivity contribution >= 4 is 23.2 Å². The number of carbonyl (C=O) groups is 2. The Labute approximate surface area is 330 Å². The summed E-state index contributed by atoms with van der Waals surface area (Å²) in [4.78, 5) is 27.2. The Balaban J connectivity index is 1.01. The fourth-order valence-electron chi connectivity index (χ4n) is 7.10. The standard InChI is InChI=1S/C47H54N4O5/c1-51(31-34-13-5-4-6-14-34)32-41-29-44(37-25-23-35(33-52)24-26-37)56-47(55-41)40-18-12-17-39(28-40)38-16-11-15-36(27-38)30-49-45(53)21-7-2-3-8-22-46(54)50-43-20-10-9-19-42(43)48/h4-6,9-20,23-28,41,44,47,52H,2-3,7-8,21-22,29-33,48H2,1H3,(H,49,53)(H,50,54)/t41-,44+,47+/m1/s1. The molecule has 56 heavy (non-hydrogen) atoms. The van der Waals surface area contributed by atoms with Gasteiger partial charge in [-0.05, 0) is 77.5 Å². The normalized spacial score (nSPS) is 16.7. The highest BCUT2D eigenvalue weighted by Gasteiger charge is 2.33. The average molecular weight is 755 g/mol. The van der Waals surface area contributed by atoms with E-state index in [0.29, 0.717) is 37.2 Å². The number of aliphatic hydroxyl groups excluding tert-OH is 1. The summed E-state index contributed by atoms with van der Waals surface area (Å²) < 4.78 is 13.3. The minimum absolute atomic E-state index is 0.00175. The van der Waals surface area contributed by atoms with Crippen molar-refractivity contribution in [2.75, 3.05) is 24.6 Å². The summed E-state index contributed by atoms with van der Waals surface area (Å²) in [7, 11) is 2.12. The van der Waals surface area contributed by atoms with Crippen molar-refractivity contribution in [1.82, 2.24) is 10.2 Å². The molecule has 9 nitrogen and oxygen atoms in total. The Bertz CT molecular complexity index is 2000. The quantitative estimate of drug-likeness (QED) is 0.0521. The Morgan fingerprint density at radius 2 is 1.39 bits per heavy atom. The molecule has 5 aromatic carbocycles. The molecule has 1 aliphatic rings. The maximum atomic E-state index is 12.7. The average Bonchev–Trinajstić information content (AvgIpc) is 3.22. The van der Waals surface area contributed by atoms with E-state index in [-0.39, 0.29) is 30.6 Å². The number of ether oxygens (including phenoxy) is 2. The van der Waals surface area contributed by atoms with Gasteiger partial charge in [0, 0.05) is 44.5 Å². The van der Waals surface area contributed by atoms with Crippen LogP contribution >= 0.6 is 0 Å². The molecule has 1 fully saturated rings. The van der Waals surface area contributed by atoms with Crippen LogP contribution in [0, 0.1) is 0 Å². The first-order valence-corrected chi connectivity index (χ1v) is 19.7. The number of nitrogens with one attached hydrogen (secondary N) is 2. The molecule has 5 N–H and O–H groups in total. The van der Waals surface area contributed by atoms with Gasteiger partial charge < -0.3 is 30.9 Å². The van der Waals surface area contributed by atoms with Crippen molar-refractivity contribution in [3.63, 3.8) is 0 Å². The topological polar surface area (TPSA) is 126 Å². The molecule has 1 saturated heterocycles. The number of nitrogens with zero attached hydrogens (tertiary/aromatic N) is 1. The zero-order valence-electron chi connectivity index (χ0n) is 32.2. The van der Waals surface area contributed by atoms with E-state index in [0.717, 1.165) is 72.2 Å². The van der Waals surface area contributed by atoms with E-state index < -0.39 is 6.29 Å². The number of rotatable bonds is 18. The molecule has 2 amide bonds. The van der Waals surface area contributed by atoms with Crippen molar-refractivity contribution in [1.29, 1.82) is 0 Å². The molecule has 1 aliphatic heterocycles. The summed E-state index contributed by atoms with van der Waals surface area (Å²) in [5.74, 6) is -0.0295. The number of amides is 2. The number of benzene rings is 5. The van der Waals surface area contributed by atoms with E-state index in [2.05, 4.69) is 77.2 Å². The number of nitrogens with two attached hydrogens (primary N) is 1. The van der Waals surface area contributed by atoms with E-state index in [1.165, 1.54) is 5.56 Å². The van der Waals surface area contributed by atoms with Gasteiger partial charge in [-0.2, -0.15) is 0 Å². The summed E-state index contributed by atoms with van der Waals surface area (Å²) in [5, 5.41) is 15.5. The van der Waals surface area contributed by atoms with Gasteiger partial charge in [-0.1, -0.05) is 116 Å². The summed E-state index contributed by atoms with van der Waals surface area (Å²) in [6.07, 6.45) is 4.10. The number of likely N-dealkylation sites (N-methyl/N-ethyl adjacent to an activating group) is 1. The van der Waals surface area contributed by atoms with Gasteiger partial charge in [0.2, 0.25) is 11.8 Å². The van der Waals surface area contributed by atoms with Crippen LogP contribution in [0.3, 0.4) is 0 Å². The van der Waals surface area contributed by atoms with E-state index >= 15 is 0 Å². The molecule has 0 aliphatic carbocycles. The van der Waals surface area contributed by atoms with Gasteiger partial charge in [0.15, 0.2) is 6.29 Å². The van der Waals surface area contributed by atoms with E-state index in [1.807, 2.05) is 60.7 Å². The van der Waals surface area contributed by atoms with Crippen LogP contribution < -0.4 is 16.4 Å². The van der Waals surface area contributed by atoms with E-state index in [1.54, 1.807) is 12.1 Å². The SMILES string of the molecule is CN(Cc1ccccc1)C[C@H]1C[C@@H](c2ccc(CO)cc2)O[C@@H](c2cccc(-c3cccc(CNC(=O)CCCCCCC(=O)Nc4ccccc4N)c3)c2)O1. The van der Waals surface area contributed by atoms with Gasteiger partial charge in [-0.25, -0.2) is 0 Å². The number of anilines is 2. The fraction of sp³-hybridized carbons (Fsp3) is 0.319. The minimum atomic E-state index is -0.561. The van der Waals surface area contributed by atoms with Gasteiger partial charge in [0.1, 0.15) is 0 Å². The number of hydrogen-bond acceptors (Lipinski definition) is 7. The Hall–Kier alpha value is -5.32. The summed E-state index contributed by atoms with van der Waals surface area (Å²) in [5.41, 5.74) is 14.3. The summed E-state index contributed by atoms with van der Waals surface area (Å²) in [6.45, 7) is 2.01. The van der Waals surface area contributed by atoms with Crippen LogP contribution in [0.2, 0.25) is 0 Å². The number of aliphatic hydroxyl groups is 1. The molecular weight excluding hydrogens is 701 g/mol. The van der Waals surface area contributed by atoms with Crippen molar-refractivity contribution < 1.29 is 24.2 Å². The monoisotopic (exact) mass is 754 g/mol. The van der Waals surface area contributed by atoms with E-state index in [4.69, 9.17) is 15.2 Å². The predicted octanol–water partition coefficient (Wildman–Crippen LogP) is 8.70. The third-order valence-corrected chi connectivity index (χ3v) is 10.1. The van der Waals surface area contributed by atoms with Crippen LogP contribution in [0.1, 0.15) is 85.2 Å². The second-order valence-corrected chi connectivity index (χ2v) is 14.7. The maximum absolute atomic E-state index is 12.7. The van der Waals surface area contributed by atoms with Crippen molar-refractivity contribution in [3.05, 3.63) is 155 Å². The lowest BCUT2D eigenvalue weighted by Gasteiger charge is -2.38. The molecule has 0 saturated carbocycles. The molecule has 0 aromatic heterocycles. The molecule has 0 spiro atoms. The number of carbonyl (C=O) groups excluding carboxylic acids is 2. The first kappa shape index (κ1) is 40.3. The molecule has 292 valence electrons. The van der Waals surface area contributed by atoms with Crippen LogP contribution in [0.25, 0.3) is 11.1 Å². The van der Waals surface area contributed by atoms with Crippen molar-refractivity contribution in [3.8, 4) is 11.1 Å². The molecule has 1 heterocycles. The van der Waals surface area contributed by atoms with Crippen LogP contribution in [0.15, 0.2) is 127 Å². The molecule has 0 bridgehead atoms. The molecule has 9 heteroatoms. The van der Waals surface area contributed by atoms with Crippen LogP contribution in [0.4, 0.5) is 11.4 Å². The van der Waals surface area contributed by atoms with Crippen molar-refractivity contribution in [2.24, 2.45) is 0 Å². The first-order chi connectivity index (χ1) is 27.3. The van der Waals surface area contributed by atoms with E-state index in [9.17, 15) is 14.7 Å². The number of nitrogen functional groups attached to an aromatic ring is 1. The molecule has 5 aromatic rings. The van der Waals surface area contributed by atoms with Crippen LogP contribution in [0.5, 0.6) is 0 Å². The van der Waals surface area contributed by atoms with Crippen LogP contribution in [-0.2, 0) is 38.8 Å². The third kappa shape index (κ3) is 12.1. The van der Waals surface area contributed by atoms with Gasteiger partial charge >= 0.3 is 0 Å². The van der Waals surface area contributed by atoms with Crippen molar-refractivity contribution in [2.45, 2.75) is 83.1 Å². The maximum Gasteiger partial charge on any atom is 0.224 e. The number of unbranched alkanes of at least 4 members (excludes halogenated alkanes) is 3. The number of hydrogen-bond donors (Lipinski definition) is 4. The Kier molecular flexibility index (Phi) is 14.8. The van der Waals surface area contributed by atoms with Gasteiger partial charge in [0.05, 0.1) is 30.2 Å². The van der Waals surface area contributed by atoms with Gasteiger partial charge in [0.25, 0.3) is 0 Å². The Morgan fingerprint density at radius 3 is 2.14 bits per heavy atom. The van der Waals surface area contributed by atoms with Gasteiger partial charge in [-0.15, -0.1) is 0 Å². The summed E-state index contributed by atoms with van der Waals surface area (Å²) >= 11 is 0. The molecule has 3 atom stereocenters. The Morgan fingerprint density at radius 1 is 0.714 bits per heavy atom. The second kappa shape index (κ2) is 20.6. The highest BCUT2D eigenvalue weighted by molar-refractivity contribution is 5.93. The lowest BCUT2D eigenvalue weighted by Crippen LogP contribution is -2.37. The molecule has 0 radical (unpaired) electrons. The lowest BCUT2D eigenvalue weighted by molar-refractivity contribution is -0.252. The zero-order valence-corrected chi connectivity index (χ0v) is 32.2. The summed E-state index contributed by atoms with van der Waals surface area (Å²) in [6, 6.07) is 42.2. The largest absolute Gasteiger partial charge is 0.397 e.